The Morgan fingerprint density at radius 2 is 2.10 bits per heavy atom. The lowest BCUT2D eigenvalue weighted by Gasteiger charge is -2.39. The molecule has 2 heteroatoms. The number of benzene rings is 1. The monoisotopic (exact) mass is 275 g/mol. The third kappa shape index (κ3) is 3.62. The number of fused-ring (bicyclic) bond motifs is 1. The average Bonchev–Trinajstić information content (AvgIpc) is 2.44. The van der Waals surface area contributed by atoms with Crippen molar-refractivity contribution in [3.05, 3.63) is 35.4 Å². The number of likely N-dealkylation sites (N-methyl/N-ethyl adjacent to an activating group) is 1. The lowest BCUT2D eigenvalue weighted by atomic mass is 9.68. The summed E-state index contributed by atoms with van der Waals surface area (Å²) < 4.78 is 5.86. The first kappa shape index (κ1) is 15.5. The van der Waals surface area contributed by atoms with Crippen molar-refractivity contribution in [3.63, 3.8) is 0 Å². The van der Waals surface area contributed by atoms with Gasteiger partial charge in [-0.1, -0.05) is 38.1 Å². The first-order valence-corrected chi connectivity index (χ1v) is 7.99. The Balaban J connectivity index is 2.10. The maximum atomic E-state index is 5.86. The zero-order valence-electron chi connectivity index (χ0n) is 13.2. The van der Waals surface area contributed by atoms with Crippen LogP contribution in [0.5, 0.6) is 0 Å². The molecule has 0 aliphatic heterocycles. The Hall–Kier alpha value is -0.860. The van der Waals surface area contributed by atoms with Gasteiger partial charge < -0.3 is 10.1 Å². The molecule has 1 aliphatic carbocycles. The summed E-state index contributed by atoms with van der Waals surface area (Å²) in [6.45, 7) is 7.21. The fourth-order valence-corrected chi connectivity index (χ4v) is 3.46. The molecule has 2 rings (SSSR count). The SMILES string of the molecule is CNCC1(CCOCC(C)C)CCCc2ccccc21. The summed E-state index contributed by atoms with van der Waals surface area (Å²) in [5.74, 6) is 0.619. The van der Waals surface area contributed by atoms with E-state index in [0.29, 0.717) is 5.92 Å². The maximum Gasteiger partial charge on any atom is 0.0488 e. The van der Waals surface area contributed by atoms with E-state index in [0.717, 1.165) is 26.2 Å². The normalized spacial score (nSPS) is 22.0. The molecule has 0 heterocycles. The van der Waals surface area contributed by atoms with Crippen molar-refractivity contribution in [2.75, 3.05) is 26.8 Å². The van der Waals surface area contributed by atoms with Gasteiger partial charge in [-0.2, -0.15) is 0 Å². The smallest absolute Gasteiger partial charge is 0.0488 e. The van der Waals surface area contributed by atoms with Crippen LogP contribution in [0.15, 0.2) is 24.3 Å². The number of rotatable bonds is 7. The molecule has 0 saturated heterocycles. The molecule has 1 N–H and O–H groups in total. The van der Waals surface area contributed by atoms with E-state index in [9.17, 15) is 0 Å². The van der Waals surface area contributed by atoms with Crippen LogP contribution in [0, 0.1) is 5.92 Å². The van der Waals surface area contributed by atoms with Crippen LogP contribution in [0.2, 0.25) is 0 Å². The molecule has 1 atom stereocenters. The van der Waals surface area contributed by atoms with Crippen molar-refractivity contribution in [3.8, 4) is 0 Å². The highest BCUT2D eigenvalue weighted by molar-refractivity contribution is 5.37. The van der Waals surface area contributed by atoms with Crippen LogP contribution in [-0.4, -0.2) is 26.8 Å². The largest absolute Gasteiger partial charge is 0.381 e. The number of ether oxygens (including phenoxy) is 1. The predicted octanol–water partition coefficient (Wildman–Crippen LogP) is 3.54. The van der Waals surface area contributed by atoms with E-state index in [1.165, 1.54) is 24.8 Å². The second-order valence-electron chi connectivity index (χ2n) is 6.54. The van der Waals surface area contributed by atoms with Gasteiger partial charge in [0.25, 0.3) is 0 Å². The van der Waals surface area contributed by atoms with Gasteiger partial charge in [0, 0.05) is 25.2 Å². The fraction of sp³-hybridized carbons (Fsp3) is 0.667. The Morgan fingerprint density at radius 3 is 2.85 bits per heavy atom. The molecule has 0 saturated carbocycles. The minimum absolute atomic E-state index is 0.264. The van der Waals surface area contributed by atoms with Gasteiger partial charge in [0.1, 0.15) is 0 Å². The summed E-state index contributed by atoms with van der Waals surface area (Å²) >= 11 is 0. The maximum absolute atomic E-state index is 5.86. The Bertz CT molecular complexity index is 416. The van der Waals surface area contributed by atoms with E-state index in [1.807, 2.05) is 0 Å². The van der Waals surface area contributed by atoms with Gasteiger partial charge in [-0.05, 0) is 49.8 Å². The first-order valence-electron chi connectivity index (χ1n) is 7.99. The van der Waals surface area contributed by atoms with Crippen molar-refractivity contribution in [2.24, 2.45) is 5.92 Å². The van der Waals surface area contributed by atoms with Crippen LogP contribution in [0.3, 0.4) is 0 Å². The van der Waals surface area contributed by atoms with Crippen LogP contribution in [0.1, 0.15) is 44.2 Å². The quantitative estimate of drug-likeness (QED) is 0.769. The average molecular weight is 275 g/mol. The molecule has 1 aliphatic rings. The Labute approximate surface area is 123 Å². The minimum Gasteiger partial charge on any atom is -0.381 e. The second kappa shape index (κ2) is 7.24. The molecule has 1 unspecified atom stereocenters. The molecule has 0 spiro atoms. The van der Waals surface area contributed by atoms with Crippen molar-refractivity contribution in [1.82, 2.24) is 5.32 Å². The van der Waals surface area contributed by atoms with Gasteiger partial charge in [0.15, 0.2) is 0 Å². The number of nitrogens with one attached hydrogen (secondary N) is 1. The molecule has 112 valence electrons. The van der Waals surface area contributed by atoms with Crippen molar-refractivity contribution in [2.45, 2.75) is 44.9 Å². The van der Waals surface area contributed by atoms with Gasteiger partial charge in [-0.3, -0.25) is 0 Å². The third-order valence-corrected chi connectivity index (χ3v) is 4.38. The molecular formula is C18H29NO. The first-order chi connectivity index (χ1) is 9.68. The summed E-state index contributed by atoms with van der Waals surface area (Å²) in [5.41, 5.74) is 3.35. The van der Waals surface area contributed by atoms with Gasteiger partial charge in [-0.15, -0.1) is 0 Å². The lowest BCUT2D eigenvalue weighted by molar-refractivity contribution is 0.0890. The van der Waals surface area contributed by atoms with Crippen molar-refractivity contribution in [1.29, 1.82) is 0 Å². The van der Waals surface area contributed by atoms with E-state index >= 15 is 0 Å². The third-order valence-electron chi connectivity index (χ3n) is 4.38. The molecular weight excluding hydrogens is 246 g/mol. The van der Waals surface area contributed by atoms with Crippen LogP contribution in [0.25, 0.3) is 0 Å². The predicted molar refractivity (Wildman–Crippen MR) is 85.3 cm³/mol. The summed E-state index contributed by atoms with van der Waals surface area (Å²) in [4.78, 5) is 0. The molecule has 2 nitrogen and oxygen atoms in total. The van der Waals surface area contributed by atoms with E-state index in [1.54, 1.807) is 5.56 Å². The minimum atomic E-state index is 0.264. The van der Waals surface area contributed by atoms with Gasteiger partial charge >= 0.3 is 0 Å². The molecule has 0 fully saturated rings. The van der Waals surface area contributed by atoms with Crippen molar-refractivity contribution < 1.29 is 4.74 Å². The summed E-state index contributed by atoms with van der Waals surface area (Å²) in [5, 5.41) is 3.41. The van der Waals surface area contributed by atoms with Crippen LogP contribution in [-0.2, 0) is 16.6 Å². The van der Waals surface area contributed by atoms with Crippen LogP contribution < -0.4 is 5.32 Å². The summed E-state index contributed by atoms with van der Waals surface area (Å²) in [7, 11) is 2.06. The molecule has 1 aromatic carbocycles. The van der Waals surface area contributed by atoms with Gasteiger partial charge in [0.05, 0.1) is 0 Å². The van der Waals surface area contributed by atoms with E-state index in [-0.39, 0.29) is 5.41 Å². The molecule has 0 bridgehead atoms. The van der Waals surface area contributed by atoms with E-state index < -0.39 is 0 Å². The highest BCUT2D eigenvalue weighted by Crippen LogP contribution is 2.39. The Kier molecular flexibility index (Phi) is 5.62. The van der Waals surface area contributed by atoms with Gasteiger partial charge in [-0.25, -0.2) is 0 Å². The Morgan fingerprint density at radius 1 is 1.30 bits per heavy atom. The molecule has 0 radical (unpaired) electrons. The summed E-state index contributed by atoms with van der Waals surface area (Å²) in [6, 6.07) is 8.98. The van der Waals surface area contributed by atoms with Gasteiger partial charge in [0.2, 0.25) is 0 Å². The highest BCUT2D eigenvalue weighted by atomic mass is 16.5. The standard InChI is InChI=1S/C18H29NO/c1-15(2)13-20-12-11-18(14-19-3)10-6-8-16-7-4-5-9-17(16)18/h4-5,7,9,15,19H,6,8,10-14H2,1-3H3. The number of hydrogen-bond acceptors (Lipinski definition) is 2. The van der Waals surface area contributed by atoms with E-state index in [4.69, 9.17) is 4.74 Å². The van der Waals surface area contributed by atoms with Crippen LogP contribution >= 0.6 is 0 Å². The topological polar surface area (TPSA) is 21.3 Å². The zero-order chi connectivity index (χ0) is 14.4. The lowest BCUT2D eigenvalue weighted by Crippen LogP contribution is -2.41. The number of hydrogen-bond donors (Lipinski definition) is 1. The molecule has 1 aromatic rings. The zero-order valence-corrected chi connectivity index (χ0v) is 13.2. The number of aryl methyl sites for hydroxylation is 1. The second-order valence-corrected chi connectivity index (χ2v) is 6.54. The molecule has 0 amide bonds. The highest BCUT2D eigenvalue weighted by Gasteiger charge is 2.35. The molecule has 0 aromatic heterocycles. The van der Waals surface area contributed by atoms with E-state index in [2.05, 4.69) is 50.5 Å². The van der Waals surface area contributed by atoms with Crippen LogP contribution in [0.4, 0.5) is 0 Å². The fourth-order valence-electron chi connectivity index (χ4n) is 3.46. The van der Waals surface area contributed by atoms with Crippen molar-refractivity contribution >= 4 is 0 Å². The molecule has 20 heavy (non-hydrogen) atoms. The summed E-state index contributed by atoms with van der Waals surface area (Å²) in [6.07, 6.45) is 4.92.